The summed E-state index contributed by atoms with van der Waals surface area (Å²) >= 11 is 0. The maximum absolute atomic E-state index is 10.5. The topological polar surface area (TPSA) is 38.0 Å². The van der Waals surface area contributed by atoms with E-state index in [0.717, 1.165) is 30.5 Å². The molecular weight excluding hydrogens is 236 g/mol. The minimum Gasteiger partial charge on any atom is -0.384 e. The summed E-state index contributed by atoms with van der Waals surface area (Å²) in [5, 5.41) is 14.7. The van der Waals surface area contributed by atoms with Gasteiger partial charge in [-0.05, 0) is 42.4 Å². The van der Waals surface area contributed by atoms with Gasteiger partial charge in [-0.1, -0.05) is 25.1 Å². The second kappa shape index (κ2) is 5.17. The molecule has 0 bridgehead atoms. The number of aliphatic hydroxyl groups excluding tert-OH is 1. The quantitative estimate of drug-likeness (QED) is 0.913. The van der Waals surface area contributed by atoms with Gasteiger partial charge in [-0.2, -0.15) is 5.10 Å². The summed E-state index contributed by atoms with van der Waals surface area (Å²) in [6.07, 6.45) is 7.77. The maximum atomic E-state index is 10.5. The van der Waals surface area contributed by atoms with Crippen LogP contribution in [0.1, 0.15) is 48.1 Å². The van der Waals surface area contributed by atoms with Crippen molar-refractivity contribution >= 4 is 0 Å². The van der Waals surface area contributed by atoms with Gasteiger partial charge in [0.2, 0.25) is 0 Å². The van der Waals surface area contributed by atoms with Gasteiger partial charge in [0.25, 0.3) is 0 Å². The Morgan fingerprint density at radius 3 is 2.95 bits per heavy atom. The molecule has 1 aromatic heterocycles. The molecular formula is C16H20N2O. The van der Waals surface area contributed by atoms with E-state index in [2.05, 4.69) is 24.2 Å². The number of hydrogen-bond donors (Lipinski definition) is 1. The van der Waals surface area contributed by atoms with Gasteiger partial charge in [0, 0.05) is 18.3 Å². The highest BCUT2D eigenvalue weighted by Gasteiger charge is 2.16. The zero-order valence-electron chi connectivity index (χ0n) is 11.3. The van der Waals surface area contributed by atoms with Gasteiger partial charge in [0.15, 0.2) is 0 Å². The summed E-state index contributed by atoms with van der Waals surface area (Å²) in [5.74, 6) is 0. The van der Waals surface area contributed by atoms with Crippen molar-refractivity contribution in [3.63, 3.8) is 0 Å². The number of fused-ring (bicyclic) bond motifs is 1. The molecule has 1 aliphatic rings. The zero-order valence-corrected chi connectivity index (χ0v) is 11.3. The lowest BCUT2D eigenvalue weighted by Crippen LogP contribution is -2.00. The summed E-state index contributed by atoms with van der Waals surface area (Å²) < 4.78 is 1.89. The highest BCUT2D eigenvalue weighted by Crippen LogP contribution is 2.28. The Morgan fingerprint density at radius 2 is 2.11 bits per heavy atom. The Bertz CT molecular complexity index is 574. The third-order valence-electron chi connectivity index (χ3n) is 3.86. The van der Waals surface area contributed by atoms with Crippen LogP contribution in [0.3, 0.4) is 0 Å². The monoisotopic (exact) mass is 256 g/mol. The molecule has 1 aliphatic carbocycles. The van der Waals surface area contributed by atoms with Gasteiger partial charge in [-0.25, -0.2) is 0 Å². The molecule has 3 nitrogen and oxygen atoms in total. The average molecular weight is 256 g/mol. The number of aryl methyl sites for hydroxylation is 3. The maximum Gasteiger partial charge on any atom is 0.107 e. The predicted molar refractivity (Wildman–Crippen MR) is 75.0 cm³/mol. The standard InChI is InChI=1S/C16H20N2O/c1-2-8-18-11-15(10-17-18)16(19)14-7-6-12-4-3-5-13(12)9-14/h6-7,9-11,16,19H,2-5,8H2,1H3. The first-order valence-corrected chi connectivity index (χ1v) is 7.10. The molecule has 3 rings (SSSR count). The summed E-state index contributed by atoms with van der Waals surface area (Å²) in [4.78, 5) is 0. The molecule has 2 aromatic rings. The second-order valence-electron chi connectivity index (χ2n) is 5.32. The Hall–Kier alpha value is -1.61. The highest BCUT2D eigenvalue weighted by atomic mass is 16.3. The van der Waals surface area contributed by atoms with Crippen molar-refractivity contribution < 1.29 is 5.11 Å². The molecule has 19 heavy (non-hydrogen) atoms. The molecule has 3 heteroatoms. The molecule has 1 atom stereocenters. The summed E-state index contributed by atoms with van der Waals surface area (Å²) in [5.41, 5.74) is 4.71. The summed E-state index contributed by atoms with van der Waals surface area (Å²) in [6, 6.07) is 6.37. The van der Waals surface area contributed by atoms with Crippen molar-refractivity contribution in [1.82, 2.24) is 9.78 Å². The molecule has 0 spiro atoms. The lowest BCUT2D eigenvalue weighted by Gasteiger charge is -2.10. The second-order valence-corrected chi connectivity index (χ2v) is 5.32. The van der Waals surface area contributed by atoms with Crippen molar-refractivity contribution in [3.05, 3.63) is 52.8 Å². The normalized spacial score (nSPS) is 15.5. The fraction of sp³-hybridized carbons (Fsp3) is 0.438. The minimum atomic E-state index is -0.559. The van der Waals surface area contributed by atoms with Crippen LogP contribution in [0.5, 0.6) is 0 Å². The van der Waals surface area contributed by atoms with E-state index in [9.17, 15) is 5.11 Å². The van der Waals surface area contributed by atoms with Crippen LogP contribution < -0.4 is 0 Å². The SMILES string of the molecule is CCCn1cc(C(O)c2ccc3c(c2)CCC3)cn1. The lowest BCUT2D eigenvalue weighted by molar-refractivity contribution is 0.220. The minimum absolute atomic E-state index is 0.559. The van der Waals surface area contributed by atoms with Gasteiger partial charge in [0.1, 0.15) is 6.10 Å². The van der Waals surface area contributed by atoms with E-state index in [1.54, 1.807) is 6.20 Å². The molecule has 0 saturated heterocycles. The van der Waals surface area contributed by atoms with E-state index >= 15 is 0 Å². The van der Waals surface area contributed by atoms with Crippen LogP contribution in [-0.4, -0.2) is 14.9 Å². The van der Waals surface area contributed by atoms with Gasteiger partial charge in [0.05, 0.1) is 6.20 Å². The number of aliphatic hydroxyl groups is 1. The van der Waals surface area contributed by atoms with Crippen LogP contribution >= 0.6 is 0 Å². The molecule has 100 valence electrons. The smallest absolute Gasteiger partial charge is 0.107 e. The summed E-state index contributed by atoms with van der Waals surface area (Å²) in [7, 11) is 0. The van der Waals surface area contributed by atoms with Crippen LogP contribution in [-0.2, 0) is 19.4 Å². The average Bonchev–Trinajstić information content (AvgIpc) is 3.05. The van der Waals surface area contributed by atoms with Gasteiger partial charge in [-0.3, -0.25) is 4.68 Å². The zero-order chi connectivity index (χ0) is 13.2. The number of hydrogen-bond acceptors (Lipinski definition) is 2. The first-order chi connectivity index (χ1) is 9.28. The van der Waals surface area contributed by atoms with Crippen LogP contribution in [0.15, 0.2) is 30.6 Å². The molecule has 0 saturated carbocycles. The number of nitrogens with zero attached hydrogens (tertiary/aromatic N) is 2. The molecule has 1 N–H and O–H groups in total. The van der Waals surface area contributed by atoms with Crippen molar-refractivity contribution in [2.24, 2.45) is 0 Å². The third kappa shape index (κ3) is 2.43. The predicted octanol–water partition coefficient (Wildman–Crippen LogP) is 2.86. The Labute approximate surface area is 113 Å². The Balaban J connectivity index is 1.84. The van der Waals surface area contributed by atoms with E-state index in [1.807, 2.05) is 16.9 Å². The number of rotatable bonds is 4. The molecule has 1 aromatic carbocycles. The fourth-order valence-corrected chi connectivity index (χ4v) is 2.83. The molecule has 1 unspecified atom stereocenters. The molecule has 0 radical (unpaired) electrons. The van der Waals surface area contributed by atoms with E-state index in [-0.39, 0.29) is 0 Å². The van der Waals surface area contributed by atoms with Crippen LogP contribution in [0.25, 0.3) is 0 Å². The molecule has 1 heterocycles. The highest BCUT2D eigenvalue weighted by molar-refractivity contribution is 5.38. The number of aromatic nitrogens is 2. The lowest BCUT2D eigenvalue weighted by atomic mass is 10.00. The van der Waals surface area contributed by atoms with E-state index < -0.39 is 6.10 Å². The molecule has 0 amide bonds. The first kappa shape index (κ1) is 12.4. The first-order valence-electron chi connectivity index (χ1n) is 7.10. The van der Waals surface area contributed by atoms with Gasteiger partial charge in [-0.15, -0.1) is 0 Å². The van der Waals surface area contributed by atoms with E-state index in [4.69, 9.17) is 0 Å². The van der Waals surface area contributed by atoms with Crippen LogP contribution in [0.4, 0.5) is 0 Å². The Kier molecular flexibility index (Phi) is 3.38. The van der Waals surface area contributed by atoms with Crippen molar-refractivity contribution in [3.8, 4) is 0 Å². The molecule has 0 fully saturated rings. The van der Waals surface area contributed by atoms with Crippen molar-refractivity contribution in [1.29, 1.82) is 0 Å². The van der Waals surface area contributed by atoms with E-state index in [1.165, 1.54) is 24.0 Å². The third-order valence-corrected chi connectivity index (χ3v) is 3.86. The van der Waals surface area contributed by atoms with Crippen LogP contribution in [0, 0.1) is 0 Å². The summed E-state index contributed by atoms with van der Waals surface area (Å²) in [6.45, 7) is 3.02. The van der Waals surface area contributed by atoms with Gasteiger partial charge < -0.3 is 5.11 Å². The van der Waals surface area contributed by atoms with Crippen molar-refractivity contribution in [2.75, 3.05) is 0 Å². The molecule has 0 aliphatic heterocycles. The number of benzene rings is 1. The van der Waals surface area contributed by atoms with Gasteiger partial charge >= 0.3 is 0 Å². The fourth-order valence-electron chi connectivity index (χ4n) is 2.83. The largest absolute Gasteiger partial charge is 0.384 e. The van der Waals surface area contributed by atoms with Crippen LogP contribution in [0.2, 0.25) is 0 Å². The Morgan fingerprint density at radius 1 is 1.26 bits per heavy atom. The van der Waals surface area contributed by atoms with E-state index in [0.29, 0.717) is 0 Å². The van der Waals surface area contributed by atoms with Crippen molar-refractivity contribution in [2.45, 2.75) is 45.3 Å².